The first-order chi connectivity index (χ1) is 6.64. The van der Waals surface area contributed by atoms with Crippen molar-refractivity contribution in [3.8, 4) is 0 Å². The quantitative estimate of drug-likeness (QED) is 0.653. The molecule has 0 saturated heterocycles. The highest BCUT2D eigenvalue weighted by Gasteiger charge is 2.65. The van der Waals surface area contributed by atoms with Crippen LogP contribution in [-0.4, -0.2) is 29.1 Å². The topological polar surface area (TPSA) is 66.7 Å². The molecule has 2 atom stereocenters. The second-order valence-corrected chi connectivity index (χ2v) is 4.17. The number of rotatable bonds is 1. The van der Waals surface area contributed by atoms with Gasteiger partial charge in [-0.2, -0.15) is 0 Å². The molecule has 4 heteroatoms. The zero-order chi connectivity index (χ0) is 9.92. The molecule has 1 saturated carbocycles. The lowest BCUT2D eigenvalue weighted by molar-refractivity contribution is -0.133. The summed E-state index contributed by atoms with van der Waals surface area (Å²) < 4.78 is 0. The van der Waals surface area contributed by atoms with Gasteiger partial charge in [-0.3, -0.25) is 9.79 Å². The molecule has 2 aliphatic carbocycles. The minimum absolute atomic E-state index is 0.126. The van der Waals surface area contributed by atoms with Gasteiger partial charge in [-0.1, -0.05) is 0 Å². The summed E-state index contributed by atoms with van der Waals surface area (Å²) in [7, 11) is 0. The summed E-state index contributed by atoms with van der Waals surface area (Å²) >= 11 is 0. The van der Waals surface area contributed by atoms with Crippen LogP contribution in [0.1, 0.15) is 12.8 Å². The van der Waals surface area contributed by atoms with E-state index in [2.05, 4.69) is 4.99 Å². The Kier molecular flexibility index (Phi) is 1.20. The normalized spacial score (nSPS) is 38.3. The van der Waals surface area contributed by atoms with E-state index in [0.29, 0.717) is 18.9 Å². The van der Waals surface area contributed by atoms with Gasteiger partial charge < -0.3 is 5.11 Å². The van der Waals surface area contributed by atoms with Crippen LogP contribution in [-0.2, 0) is 9.59 Å². The van der Waals surface area contributed by atoms with Crippen LogP contribution in [0.4, 0.5) is 0 Å². The summed E-state index contributed by atoms with van der Waals surface area (Å²) in [5, 5.41) is 9.02. The van der Waals surface area contributed by atoms with Gasteiger partial charge >= 0.3 is 5.97 Å². The molecule has 0 aromatic carbocycles. The maximum absolute atomic E-state index is 11.3. The van der Waals surface area contributed by atoms with Crippen molar-refractivity contribution in [3.63, 3.8) is 0 Å². The van der Waals surface area contributed by atoms with E-state index in [-0.39, 0.29) is 16.8 Å². The molecule has 4 nitrogen and oxygen atoms in total. The van der Waals surface area contributed by atoms with Crippen LogP contribution in [0.15, 0.2) is 16.6 Å². The molecule has 72 valence electrons. The first-order valence-corrected chi connectivity index (χ1v) is 4.66. The highest BCUT2D eigenvalue weighted by atomic mass is 16.4. The molecule has 0 aromatic heterocycles. The summed E-state index contributed by atoms with van der Waals surface area (Å²) in [6.45, 7) is 0.702. The van der Waals surface area contributed by atoms with Crippen LogP contribution in [0.25, 0.3) is 0 Å². The molecule has 0 bridgehead atoms. The van der Waals surface area contributed by atoms with Gasteiger partial charge in [0.25, 0.3) is 0 Å². The van der Waals surface area contributed by atoms with Crippen molar-refractivity contribution in [2.75, 3.05) is 6.54 Å². The van der Waals surface area contributed by atoms with E-state index in [1.807, 2.05) is 0 Å². The molecule has 3 aliphatic rings. The van der Waals surface area contributed by atoms with Crippen molar-refractivity contribution < 1.29 is 14.7 Å². The Morgan fingerprint density at radius 1 is 1.64 bits per heavy atom. The van der Waals surface area contributed by atoms with E-state index in [1.54, 1.807) is 0 Å². The number of nitrogens with zero attached hydrogens (tertiary/aromatic N) is 1. The minimum Gasteiger partial charge on any atom is -0.478 e. The van der Waals surface area contributed by atoms with Crippen molar-refractivity contribution in [2.45, 2.75) is 12.8 Å². The fourth-order valence-electron chi connectivity index (χ4n) is 2.72. The first-order valence-electron chi connectivity index (χ1n) is 4.66. The van der Waals surface area contributed by atoms with E-state index < -0.39 is 5.97 Å². The van der Waals surface area contributed by atoms with Crippen molar-refractivity contribution in [2.24, 2.45) is 16.3 Å². The van der Waals surface area contributed by atoms with E-state index in [9.17, 15) is 9.59 Å². The average Bonchev–Trinajstić information content (AvgIpc) is 2.74. The molecule has 1 aliphatic heterocycles. The molecule has 0 amide bonds. The maximum Gasteiger partial charge on any atom is 0.332 e. The Bertz CT molecular complexity index is 421. The second kappa shape index (κ2) is 2.13. The predicted molar refractivity (Wildman–Crippen MR) is 48.2 cm³/mol. The number of hydrogen-bond donors (Lipinski definition) is 1. The molecule has 2 unspecified atom stereocenters. The maximum atomic E-state index is 11.3. The third kappa shape index (κ3) is 0.720. The Morgan fingerprint density at radius 3 is 3.07 bits per heavy atom. The number of carboxylic acid groups (broad SMARTS) is 1. The number of allylic oxidation sites excluding steroid dienone is 1. The van der Waals surface area contributed by atoms with Gasteiger partial charge in [-0.05, 0) is 18.4 Å². The zero-order valence-electron chi connectivity index (χ0n) is 7.49. The smallest absolute Gasteiger partial charge is 0.332 e. The fourth-order valence-corrected chi connectivity index (χ4v) is 2.72. The van der Waals surface area contributed by atoms with E-state index in [4.69, 9.17) is 5.11 Å². The number of hydrogen-bond acceptors (Lipinski definition) is 3. The van der Waals surface area contributed by atoms with E-state index in [1.165, 1.54) is 6.08 Å². The Balaban J connectivity index is 2.15. The summed E-state index contributed by atoms with van der Waals surface area (Å²) in [6.07, 6.45) is 2.50. The zero-order valence-corrected chi connectivity index (χ0v) is 7.49. The number of aliphatic imine (C=N–C) groups is 1. The molecule has 1 heterocycles. The third-order valence-corrected chi connectivity index (χ3v) is 3.48. The fraction of sp³-hybridized carbons (Fsp3) is 0.500. The van der Waals surface area contributed by atoms with Gasteiger partial charge in [0.05, 0.1) is 5.57 Å². The van der Waals surface area contributed by atoms with Gasteiger partial charge in [0.1, 0.15) is 0 Å². The Morgan fingerprint density at radius 2 is 2.43 bits per heavy atom. The monoisotopic (exact) mass is 191 g/mol. The Labute approximate surface area is 80.3 Å². The lowest BCUT2D eigenvalue weighted by Gasteiger charge is -2.20. The van der Waals surface area contributed by atoms with Crippen LogP contribution < -0.4 is 0 Å². The van der Waals surface area contributed by atoms with Crippen molar-refractivity contribution >= 4 is 17.5 Å². The number of ketones is 1. The third-order valence-electron chi connectivity index (χ3n) is 3.48. The van der Waals surface area contributed by atoms with Crippen LogP contribution in [0.5, 0.6) is 0 Å². The molecule has 1 spiro atoms. The van der Waals surface area contributed by atoms with Crippen LogP contribution in [0.2, 0.25) is 0 Å². The molecule has 3 rings (SSSR count). The highest BCUT2D eigenvalue weighted by molar-refractivity contribution is 6.20. The molecule has 0 radical (unpaired) electrons. The highest BCUT2D eigenvalue weighted by Crippen LogP contribution is 2.63. The van der Waals surface area contributed by atoms with Gasteiger partial charge in [-0.15, -0.1) is 0 Å². The van der Waals surface area contributed by atoms with E-state index in [0.717, 1.165) is 12.1 Å². The largest absolute Gasteiger partial charge is 0.478 e. The Hall–Kier alpha value is -1.45. The summed E-state index contributed by atoms with van der Waals surface area (Å²) in [6, 6.07) is 0. The van der Waals surface area contributed by atoms with Gasteiger partial charge in [0.15, 0.2) is 5.78 Å². The summed E-state index contributed by atoms with van der Waals surface area (Å²) in [5.74, 6) is -0.734. The first kappa shape index (κ1) is 7.91. The van der Waals surface area contributed by atoms with Crippen molar-refractivity contribution in [3.05, 3.63) is 11.6 Å². The summed E-state index contributed by atoms with van der Waals surface area (Å²) in [4.78, 5) is 26.5. The number of carbonyl (C=O) groups is 2. The number of carboxylic acids is 1. The minimum atomic E-state index is -0.963. The average molecular weight is 191 g/mol. The number of aliphatic carboxylic acids is 1. The molecular formula is C10H9NO3. The standard InChI is InChI=1S/C10H9NO3/c12-6-1-7(9(13)14)10-3-5(10)4-11-8(10)2-6/h1,5H,2-4H2,(H,13,14). The molecule has 14 heavy (non-hydrogen) atoms. The number of carbonyl (C=O) groups excluding carboxylic acids is 1. The van der Waals surface area contributed by atoms with Crippen LogP contribution in [0.3, 0.4) is 0 Å². The van der Waals surface area contributed by atoms with Crippen LogP contribution in [0, 0.1) is 11.3 Å². The molecule has 0 aromatic rings. The van der Waals surface area contributed by atoms with Crippen LogP contribution >= 0.6 is 0 Å². The van der Waals surface area contributed by atoms with Gasteiger partial charge in [-0.25, -0.2) is 4.79 Å². The lowest BCUT2D eigenvalue weighted by Crippen LogP contribution is -2.29. The molecular weight excluding hydrogens is 182 g/mol. The van der Waals surface area contributed by atoms with Crippen molar-refractivity contribution in [1.29, 1.82) is 0 Å². The summed E-state index contributed by atoms with van der Waals surface area (Å²) in [5.41, 5.74) is 0.752. The van der Waals surface area contributed by atoms with Gasteiger partial charge in [0.2, 0.25) is 0 Å². The lowest BCUT2D eigenvalue weighted by atomic mass is 9.81. The van der Waals surface area contributed by atoms with Gasteiger partial charge in [0, 0.05) is 24.1 Å². The SMILES string of the molecule is O=C1C=C(C(=O)O)C23CC2CN=C3C1. The molecule has 1 N–H and O–H groups in total. The molecule has 1 fully saturated rings. The predicted octanol–water partition coefficient (Wildman–Crippen LogP) is 0.431. The second-order valence-electron chi connectivity index (χ2n) is 4.17. The van der Waals surface area contributed by atoms with E-state index >= 15 is 0 Å². The van der Waals surface area contributed by atoms with Crippen molar-refractivity contribution in [1.82, 2.24) is 0 Å².